The zero-order valence-corrected chi connectivity index (χ0v) is 18.9. The molecule has 0 unspecified atom stereocenters. The Bertz CT molecular complexity index is 1420. The fourth-order valence-corrected chi connectivity index (χ4v) is 5.50. The van der Waals surface area contributed by atoms with Crippen molar-refractivity contribution in [3.8, 4) is 11.1 Å². The maximum atomic E-state index is 2.36. The molecule has 1 heteroatoms. The summed E-state index contributed by atoms with van der Waals surface area (Å²) in [6, 6.07) is 42.1. The van der Waals surface area contributed by atoms with Gasteiger partial charge in [-0.15, -0.1) is 0 Å². The van der Waals surface area contributed by atoms with E-state index in [9.17, 15) is 0 Å². The van der Waals surface area contributed by atoms with Gasteiger partial charge in [0.1, 0.15) is 0 Å². The number of benzene rings is 5. The van der Waals surface area contributed by atoms with E-state index in [-0.39, 0.29) is 0 Å². The lowest BCUT2D eigenvalue weighted by molar-refractivity contribution is 0.726. The van der Waals surface area contributed by atoms with Crippen LogP contribution < -0.4 is 4.90 Å². The van der Waals surface area contributed by atoms with Crippen LogP contribution in [0, 0.1) is 0 Å². The van der Waals surface area contributed by atoms with Gasteiger partial charge in [0.05, 0.1) is 0 Å². The van der Waals surface area contributed by atoms with E-state index in [1.807, 2.05) is 0 Å². The average Bonchev–Trinajstić information content (AvgIpc) is 3.06. The normalized spacial score (nSPS) is 14.9. The van der Waals surface area contributed by atoms with Crippen molar-refractivity contribution in [2.45, 2.75) is 18.8 Å². The highest BCUT2D eigenvalue weighted by Crippen LogP contribution is 2.48. The highest BCUT2D eigenvalue weighted by Gasteiger charge is 2.28. The number of aryl methyl sites for hydroxylation is 1. The molecule has 1 nitrogen and oxygen atoms in total. The first-order chi connectivity index (χ1) is 16.3. The number of para-hydroxylation sites is 1. The fraction of sp³-hybridized carbons (Fsp3) is 0.125. The Labute approximate surface area is 195 Å². The second kappa shape index (κ2) is 8.26. The number of hydrogen-bond donors (Lipinski definition) is 0. The number of nitrogens with zero attached hydrogens (tertiary/aromatic N) is 1. The molecule has 0 saturated heterocycles. The number of rotatable bonds is 3. The average molecular weight is 426 g/mol. The summed E-state index contributed by atoms with van der Waals surface area (Å²) in [7, 11) is 2.19. The molecular formula is C32H27N. The van der Waals surface area contributed by atoms with Gasteiger partial charge in [0, 0.05) is 29.9 Å². The van der Waals surface area contributed by atoms with Crippen molar-refractivity contribution in [1.82, 2.24) is 0 Å². The van der Waals surface area contributed by atoms with Crippen molar-refractivity contribution in [1.29, 1.82) is 0 Å². The van der Waals surface area contributed by atoms with Crippen LogP contribution in [0.25, 0.3) is 21.9 Å². The fourth-order valence-electron chi connectivity index (χ4n) is 5.50. The van der Waals surface area contributed by atoms with Crippen LogP contribution in [0.15, 0.2) is 115 Å². The Morgan fingerprint density at radius 3 is 2.18 bits per heavy atom. The first-order valence-electron chi connectivity index (χ1n) is 11.8. The van der Waals surface area contributed by atoms with Gasteiger partial charge in [-0.25, -0.2) is 0 Å². The second-order valence-electron chi connectivity index (χ2n) is 8.96. The molecule has 160 valence electrons. The van der Waals surface area contributed by atoms with Crippen LogP contribution in [0.1, 0.15) is 29.0 Å². The van der Waals surface area contributed by atoms with Crippen LogP contribution in [0.3, 0.4) is 0 Å². The van der Waals surface area contributed by atoms with Crippen molar-refractivity contribution < 1.29 is 0 Å². The van der Waals surface area contributed by atoms with Crippen LogP contribution in [-0.2, 0) is 6.42 Å². The predicted molar refractivity (Wildman–Crippen MR) is 140 cm³/mol. The van der Waals surface area contributed by atoms with Crippen molar-refractivity contribution >= 4 is 22.1 Å². The lowest BCUT2D eigenvalue weighted by atomic mass is 9.84. The molecule has 0 aliphatic heterocycles. The summed E-state index contributed by atoms with van der Waals surface area (Å²) in [5.74, 6) is 0.372. The molecule has 0 fully saturated rings. The first-order valence-corrected chi connectivity index (χ1v) is 11.8. The van der Waals surface area contributed by atoms with Crippen molar-refractivity contribution in [3.63, 3.8) is 0 Å². The molecule has 5 aromatic rings. The third-order valence-electron chi connectivity index (χ3n) is 7.12. The molecule has 1 aliphatic carbocycles. The molecule has 0 amide bonds. The molecule has 0 aromatic heterocycles. The van der Waals surface area contributed by atoms with Gasteiger partial charge in [-0.1, -0.05) is 97.1 Å². The zero-order valence-electron chi connectivity index (χ0n) is 18.9. The van der Waals surface area contributed by atoms with Gasteiger partial charge in [-0.2, -0.15) is 0 Å². The number of fused-ring (bicyclic) bond motifs is 5. The summed E-state index contributed by atoms with van der Waals surface area (Å²) in [4.78, 5) is 2.34. The van der Waals surface area contributed by atoms with Crippen molar-refractivity contribution in [3.05, 3.63) is 132 Å². The van der Waals surface area contributed by atoms with Gasteiger partial charge in [-0.3, -0.25) is 0 Å². The standard InChI is InChI=1S/C32H27N/c1-33(26-14-6-3-7-15-26)30-18-10-17-29-27(23-11-4-2-5-12-23)22-21-25-20-19-24-13-8-9-16-28(24)31(25)32(29)30/h2-20,27H,21-22H2,1H3/t27-/m0/s1. The highest BCUT2D eigenvalue weighted by molar-refractivity contribution is 6.03. The smallest absolute Gasteiger partial charge is 0.0491 e. The lowest BCUT2D eigenvalue weighted by Gasteiger charge is -2.27. The lowest BCUT2D eigenvalue weighted by Crippen LogP contribution is -2.12. The molecule has 33 heavy (non-hydrogen) atoms. The zero-order chi connectivity index (χ0) is 22.2. The molecule has 1 aliphatic rings. The first kappa shape index (κ1) is 19.8. The van der Waals surface area contributed by atoms with E-state index in [4.69, 9.17) is 0 Å². The van der Waals surface area contributed by atoms with E-state index in [2.05, 4.69) is 127 Å². The predicted octanol–water partition coefficient (Wildman–Crippen LogP) is 8.35. The molecule has 0 bridgehead atoms. The van der Waals surface area contributed by atoms with E-state index in [0.29, 0.717) is 5.92 Å². The second-order valence-corrected chi connectivity index (χ2v) is 8.96. The number of hydrogen-bond acceptors (Lipinski definition) is 1. The number of anilines is 2. The van der Waals surface area contributed by atoms with Gasteiger partial charge in [0.25, 0.3) is 0 Å². The molecule has 5 aromatic carbocycles. The Kier molecular flexibility index (Phi) is 4.96. The molecular weight excluding hydrogens is 398 g/mol. The van der Waals surface area contributed by atoms with Crippen molar-refractivity contribution in [2.75, 3.05) is 11.9 Å². The van der Waals surface area contributed by atoms with Crippen molar-refractivity contribution in [2.24, 2.45) is 0 Å². The largest absolute Gasteiger partial charge is 0.344 e. The van der Waals surface area contributed by atoms with E-state index in [1.54, 1.807) is 0 Å². The molecule has 1 atom stereocenters. The van der Waals surface area contributed by atoms with Crippen LogP contribution in [-0.4, -0.2) is 7.05 Å². The Hall–Kier alpha value is -3.84. The summed E-state index contributed by atoms with van der Waals surface area (Å²) < 4.78 is 0. The molecule has 6 rings (SSSR count). The molecule has 0 saturated carbocycles. The Morgan fingerprint density at radius 2 is 1.36 bits per heavy atom. The van der Waals surface area contributed by atoms with E-state index in [0.717, 1.165) is 12.8 Å². The van der Waals surface area contributed by atoms with E-state index >= 15 is 0 Å². The molecule has 0 heterocycles. The van der Waals surface area contributed by atoms with Gasteiger partial charge in [0.15, 0.2) is 0 Å². The van der Waals surface area contributed by atoms with Crippen LogP contribution >= 0.6 is 0 Å². The van der Waals surface area contributed by atoms with E-state index in [1.165, 1.54) is 50.0 Å². The highest BCUT2D eigenvalue weighted by atomic mass is 15.1. The van der Waals surface area contributed by atoms with Crippen LogP contribution in [0.2, 0.25) is 0 Å². The van der Waals surface area contributed by atoms with Crippen LogP contribution in [0.5, 0.6) is 0 Å². The van der Waals surface area contributed by atoms with Gasteiger partial charge in [-0.05, 0) is 64.1 Å². The summed E-state index contributed by atoms with van der Waals surface area (Å²) in [5, 5.41) is 2.65. The van der Waals surface area contributed by atoms with E-state index < -0.39 is 0 Å². The third kappa shape index (κ3) is 3.41. The minimum absolute atomic E-state index is 0.372. The topological polar surface area (TPSA) is 3.24 Å². The summed E-state index contributed by atoms with van der Waals surface area (Å²) in [6.07, 6.45) is 2.18. The van der Waals surface area contributed by atoms with Gasteiger partial charge in [0.2, 0.25) is 0 Å². The maximum absolute atomic E-state index is 2.36. The SMILES string of the molecule is CN(c1ccccc1)c1cccc2c1-c1c(ccc3ccccc13)CC[C@H]2c1ccccc1. The molecule has 0 spiro atoms. The van der Waals surface area contributed by atoms with Gasteiger partial charge >= 0.3 is 0 Å². The summed E-state index contributed by atoms with van der Waals surface area (Å²) in [5.41, 5.74) is 9.52. The molecule has 0 radical (unpaired) electrons. The quantitative estimate of drug-likeness (QED) is 0.281. The Balaban J connectivity index is 1.68. The minimum atomic E-state index is 0.372. The summed E-state index contributed by atoms with van der Waals surface area (Å²) >= 11 is 0. The van der Waals surface area contributed by atoms with Crippen LogP contribution in [0.4, 0.5) is 11.4 Å². The van der Waals surface area contributed by atoms with Gasteiger partial charge < -0.3 is 4.90 Å². The summed E-state index contributed by atoms with van der Waals surface area (Å²) in [6.45, 7) is 0. The minimum Gasteiger partial charge on any atom is -0.344 e. The third-order valence-corrected chi connectivity index (χ3v) is 7.12. The maximum Gasteiger partial charge on any atom is 0.0491 e. The monoisotopic (exact) mass is 425 g/mol. The molecule has 0 N–H and O–H groups in total. The Morgan fingerprint density at radius 1 is 0.636 bits per heavy atom.